The molecule has 0 spiro atoms. The first kappa shape index (κ1) is 12.7. The summed E-state index contributed by atoms with van der Waals surface area (Å²) in [5, 5.41) is 0.163. The molecule has 3 atom stereocenters. The minimum Gasteiger partial charge on any atom is -0.378 e. The van der Waals surface area contributed by atoms with E-state index in [4.69, 9.17) is 22.1 Å². The van der Waals surface area contributed by atoms with Gasteiger partial charge in [-0.05, 0) is 31.0 Å². The minimum atomic E-state index is -0.956. The van der Waals surface area contributed by atoms with Gasteiger partial charge in [0, 0.05) is 17.0 Å². The fraction of sp³-hybridized carbons (Fsp3) is 0.500. The van der Waals surface area contributed by atoms with Gasteiger partial charge in [-0.15, -0.1) is 0 Å². The predicted molar refractivity (Wildman–Crippen MR) is 61.8 cm³/mol. The average Bonchev–Trinajstić information content (AvgIpc) is 2.69. The molecule has 0 saturated carbocycles. The van der Waals surface area contributed by atoms with Gasteiger partial charge in [0.05, 0.1) is 12.7 Å². The van der Waals surface area contributed by atoms with E-state index >= 15 is 0 Å². The van der Waals surface area contributed by atoms with Gasteiger partial charge in [-0.1, -0.05) is 11.6 Å². The van der Waals surface area contributed by atoms with E-state index in [0.29, 0.717) is 12.2 Å². The van der Waals surface area contributed by atoms with Crippen LogP contribution in [0.4, 0.5) is 8.78 Å². The van der Waals surface area contributed by atoms with Crippen molar-refractivity contribution in [3.05, 3.63) is 34.4 Å². The maximum absolute atomic E-state index is 13.2. The Balaban J connectivity index is 2.24. The highest BCUT2D eigenvalue weighted by Gasteiger charge is 2.29. The van der Waals surface area contributed by atoms with Crippen molar-refractivity contribution >= 4 is 11.6 Å². The summed E-state index contributed by atoms with van der Waals surface area (Å²) in [7, 11) is 0. The normalized spacial score (nSPS) is 26.2. The second-order valence-electron chi connectivity index (χ2n) is 4.45. The lowest BCUT2D eigenvalue weighted by molar-refractivity contribution is 0.118. The van der Waals surface area contributed by atoms with Gasteiger partial charge in [0.15, 0.2) is 11.6 Å². The molecular formula is C12H14ClF2NO. The zero-order valence-electron chi connectivity index (χ0n) is 9.42. The zero-order chi connectivity index (χ0) is 12.6. The fourth-order valence-corrected chi connectivity index (χ4v) is 2.42. The van der Waals surface area contributed by atoms with Crippen LogP contribution in [0.5, 0.6) is 0 Å². The summed E-state index contributed by atoms with van der Waals surface area (Å²) in [6.07, 6.45) is 0.950. The molecule has 94 valence electrons. The van der Waals surface area contributed by atoms with Crippen LogP contribution in [0.3, 0.4) is 0 Å². The van der Waals surface area contributed by atoms with E-state index < -0.39 is 17.7 Å². The highest BCUT2D eigenvalue weighted by molar-refractivity contribution is 6.31. The monoisotopic (exact) mass is 261 g/mol. The lowest BCUT2D eigenvalue weighted by atomic mass is 9.91. The number of benzene rings is 1. The van der Waals surface area contributed by atoms with Gasteiger partial charge in [0.1, 0.15) is 0 Å². The molecule has 1 saturated heterocycles. The molecule has 1 aromatic carbocycles. The lowest BCUT2D eigenvalue weighted by Gasteiger charge is -2.19. The molecule has 2 nitrogen and oxygen atoms in total. The van der Waals surface area contributed by atoms with Gasteiger partial charge in [-0.3, -0.25) is 0 Å². The van der Waals surface area contributed by atoms with Crippen molar-refractivity contribution in [1.82, 2.24) is 0 Å². The van der Waals surface area contributed by atoms with Crippen molar-refractivity contribution in [1.29, 1.82) is 0 Å². The number of halogens is 3. The van der Waals surface area contributed by atoms with Crippen molar-refractivity contribution in [2.75, 3.05) is 6.61 Å². The molecule has 1 aliphatic rings. The Labute approximate surface area is 104 Å². The van der Waals surface area contributed by atoms with Crippen LogP contribution in [0.25, 0.3) is 0 Å². The molecule has 1 fully saturated rings. The van der Waals surface area contributed by atoms with Gasteiger partial charge in [0.25, 0.3) is 0 Å². The molecule has 0 aliphatic carbocycles. The number of ether oxygens (including phenoxy) is 1. The minimum absolute atomic E-state index is 0.0901. The number of hydrogen-bond acceptors (Lipinski definition) is 2. The molecule has 0 radical (unpaired) electrons. The van der Waals surface area contributed by atoms with E-state index in [-0.39, 0.29) is 17.0 Å². The Hall–Kier alpha value is -0.710. The van der Waals surface area contributed by atoms with Crippen LogP contribution >= 0.6 is 11.6 Å². The number of rotatable bonds is 2. The fourth-order valence-electron chi connectivity index (χ4n) is 2.15. The van der Waals surface area contributed by atoms with Crippen LogP contribution in [0.2, 0.25) is 5.02 Å². The molecule has 0 amide bonds. The van der Waals surface area contributed by atoms with Gasteiger partial charge in [-0.25, -0.2) is 8.78 Å². The lowest BCUT2D eigenvalue weighted by Crippen LogP contribution is -2.22. The maximum atomic E-state index is 13.2. The van der Waals surface area contributed by atoms with Crippen LogP contribution < -0.4 is 5.73 Å². The summed E-state index contributed by atoms with van der Waals surface area (Å²) in [6, 6.07) is 1.61. The average molecular weight is 262 g/mol. The van der Waals surface area contributed by atoms with Crippen LogP contribution in [0, 0.1) is 17.6 Å². The van der Waals surface area contributed by atoms with E-state index in [1.165, 1.54) is 0 Å². The second-order valence-corrected chi connectivity index (χ2v) is 4.86. The topological polar surface area (TPSA) is 35.2 Å². The zero-order valence-corrected chi connectivity index (χ0v) is 10.2. The van der Waals surface area contributed by atoms with Crippen molar-refractivity contribution in [2.24, 2.45) is 11.7 Å². The second kappa shape index (κ2) is 4.88. The first-order chi connectivity index (χ1) is 7.99. The molecule has 2 N–H and O–H groups in total. The quantitative estimate of drug-likeness (QED) is 0.831. The molecule has 1 aliphatic heterocycles. The van der Waals surface area contributed by atoms with Crippen molar-refractivity contribution in [3.8, 4) is 0 Å². The summed E-state index contributed by atoms with van der Waals surface area (Å²) in [6.45, 7) is 2.48. The van der Waals surface area contributed by atoms with Gasteiger partial charge < -0.3 is 10.5 Å². The molecule has 17 heavy (non-hydrogen) atoms. The standard InChI is InChI=1S/C12H14ClF2NO/c1-6-2-7(5-17-6)12(16)8-3-10(14)11(15)4-9(8)13/h3-4,6-7,12H,2,5,16H2,1H3. The largest absolute Gasteiger partial charge is 0.378 e. The van der Waals surface area contributed by atoms with Crippen LogP contribution in [-0.2, 0) is 4.74 Å². The molecule has 0 aromatic heterocycles. The van der Waals surface area contributed by atoms with Crippen molar-refractivity contribution < 1.29 is 13.5 Å². The summed E-state index contributed by atoms with van der Waals surface area (Å²) in [5.74, 6) is -1.79. The summed E-state index contributed by atoms with van der Waals surface area (Å²) < 4.78 is 31.5. The first-order valence-corrected chi connectivity index (χ1v) is 5.88. The van der Waals surface area contributed by atoms with Gasteiger partial charge >= 0.3 is 0 Å². The first-order valence-electron chi connectivity index (χ1n) is 5.50. The van der Waals surface area contributed by atoms with E-state index in [2.05, 4.69) is 0 Å². The van der Waals surface area contributed by atoms with Gasteiger partial charge in [-0.2, -0.15) is 0 Å². The Morgan fingerprint density at radius 2 is 2.06 bits per heavy atom. The Morgan fingerprint density at radius 3 is 2.65 bits per heavy atom. The van der Waals surface area contributed by atoms with Crippen LogP contribution in [-0.4, -0.2) is 12.7 Å². The van der Waals surface area contributed by atoms with Crippen molar-refractivity contribution in [2.45, 2.75) is 25.5 Å². The smallest absolute Gasteiger partial charge is 0.160 e. The molecule has 5 heteroatoms. The predicted octanol–water partition coefficient (Wildman–Crippen LogP) is 3.04. The number of hydrogen-bond donors (Lipinski definition) is 1. The van der Waals surface area contributed by atoms with Crippen LogP contribution in [0.15, 0.2) is 12.1 Å². The SMILES string of the molecule is CC1CC(C(N)c2cc(F)c(F)cc2Cl)CO1. The summed E-state index contributed by atoms with van der Waals surface area (Å²) >= 11 is 5.88. The summed E-state index contributed by atoms with van der Waals surface area (Å²) in [5.41, 5.74) is 6.47. The third-order valence-electron chi connectivity index (χ3n) is 3.14. The third kappa shape index (κ3) is 2.59. The Kier molecular flexibility index (Phi) is 3.66. The van der Waals surface area contributed by atoms with E-state index in [0.717, 1.165) is 18.6 Å². The molecule has 0 bridgehead atoms. The van der Waals surface area contributed by atoms with Crippen molar-refractivity contribution in [3.63, 3.8) is 0 Å². The molecule has 1 aromatic rings. The molecule has 3 unspecified atom stereocenters. The Bertz CT molecular complexity index is 427. The van der Waals surface area contributed by atoms with E-state index in [9.17, 15) is 8.78 Å². The molecule has 2 rings (SSSR count). The molecule has 1 heterocycles. The van der Waals surface area contributed by atoms with Crippen LogP contribution in [0.1, 0.15) is 24.9 Å². The highest BCUT2D eigenvalue weighted by Crippen LogP contribution is 2.34. The maximum Gasteiger partial charge on any atom is 0.160 e. The third-order valence-corrected chi connectivity index (χ3v) is 3.46. The molecular weight excluding hydrogens is 248 g/mol. The Morgan fingerprint density at radius 1 is 1.41 bits per heavy atom. The highest BCUT2D eigenvalue weighted by atomic mass is 35.5. The summed E-state index contributed by atoms with van der Waals surface area (Å²) in [4.78, 5) is 0. The van der Waals surface area contributed by atoms with Gasteiger partial charge in [0.2, 0.25) is 0 Å². The van der Waals surface area contributed by atoms with E-state index in [1.54, 1.807) is 0 Å². The van der Waals surface area contributed by atoms with E-state index in [1.807, 2.05) is 6.92 Å². The number of nitrogens with two attached hydrogens (primary N) is 1.